The molecule has 1 nitrogen and oxygen atoms in total. The zero-order valence-electron chi connectivity index (χ0n) is 8.99. The van der Waals surface area contributed by atoms with Crippen LogP contribution in [0.2, 0.25) is 15.1 Å². The van der Waals surface area contributed by atoms with Gasteiger partial charge in [0.25, 0.3) is 0 Å². The average Bonchev–Trinajstić information content (AvgIpc) is 2.36. The summed E-state index contributed by atoms with van der Waals surface area (Å²) < 4.78 is 0. The Morgan fingerprint density at radius 1 is 0.944 bits per heavy atom. The van der Waals surface area contributed by atoms with Crippen molar-refractivity contribution in [3.63, 3.8) is 0 Å². The first-order valence-electron chi connectivity index (χ1n) is 4.98. The second-order valence-electron chi connectivity index (χ2n) is 3.48. The quantitative estimate of drug-likeness (QED) is 0.684. The number of carbonyl (C=O) groups is 1. The molecule has 0 saturated carbocycles. The van der Waals surface area contributed by atoms with Crippen LogP contribution < -0.4 is 0 Å². The first-order chi connectivity index (χ1) is 8.60. The minimum absolute atomic E-state index is 0.489. The summed E-state index contributed by atoms with van der Waals surface area (Å²) in [6.45, 7) is 0. The van der Waals surface area contributed by atoms with Crippen molar-refractivity contribution in [2.45, 2.75) is 9.79 Å². The molecule has 18 heavy (non-hydrogen) atoms. The van der Waals surface area contributed by atoms with E-state index in [1.807, 2.05) is 6.07 Å². The van der Waals surface area contributed by atoms with Crippen LogP contribution in [0.15, 0.2) is 46.2 Å². The summed E-state index contributed by atoms with van der Waals surface area (Å²) in [6.07, 6.45) is 0.783. The van der Waals surface area contributed by atoms with Gasteiger partial charge >= 0.3 is 0 Å². The number of carbonyl (C=O) groups excluding carboxylic acids is 1. The maximum atomic E-state index is 11.0. The van der Waals surface area contributed by atoms with Gasteiger partial charge in [-0.3, -0.25) is 4.79 Å². The zero-order chi connectivity index (χ0) is 13.1. The molecule has 0 aromatic heterocycles. The molecule has 0 aliphatic rings. The van der Waals surface area contributed by atoms with Gasteiger partial charge in [0.05, 0.1) is 10.0 Å². The Balaban J connectivity index is 2.33. The molecule has 2 rings (SSSR count). The summed E-state index contributed by atoms with van der Waals surface area (Å²) in [5.41, 5.74) is 0.554. The molecule has 0 N–H and O–H groups in total. The van der Waals surface area contributed by atoms with Gasteiger partial charge in [-0.15, -0.1) is 0 Å². The van der Waals surface area contributed by atoms with Crippen LogP contribution in [0.4, 0.5) is 0 Å². The Kier molecular flexibility index (Phi) is 4.57. The fourth-order valence-electron chi connectivity index (χ4n) is 1.37. The van der Waals surface area contributed by atoms with Gasteiger partial charge in [-0.1, -0.05) is 46.6 Å². The van der Waals surface area contributed by atoms with Gasteiger partial charge < -0.3 is 0 Å². The van der Waals surface area contributed by atoms with E-state index in [1.165, 1.54) is 11.8 Å². The van der Waals surface area contributed by atoms with Crippen molar-refractivity contribution in [2.24, 2.45) is 0 Å². The first kappa shape index (κ1) is 13.8. The number of hydrogen-bond donors (Lipinski definition) is 0. The molecule has 2 aromatic rings. The van der Waals surface area contributed by atoms with Crippen molar-refractivity contribution in [1.82, 2.24) is 0 Å². The molecule has 92 valence electrons. The topological polar surface area (TPSA) is 17.1 Å². The molecule has 0 atom stereocenters. The smallest absolute Gasteiger partial charge is 0.151 e. The van der Waals surface area contributed by atoms with Crippen molar-refractivity contribution in [3.8, 4) is 0 Å². The van der Waals surface area contributed by atoms with E-state index in [0.717, 1.165) is 16.1 Å². The molecular formula is C13H7Cl3OS. The number of aldehydes is 1. The highest BCUT2D eigenvalue weighted by Crippen LogP contribution is 2.34. The van der Waals surface area contributed by atoms with Crippen molar-refractivity contribution < 1.29 is 4.79 Å². The van der Waals surface area contributed by atoms with E-state index in [4.69, 9.17) is 34.8 Å². The Morgan fingerprint density at radius 2 is 1.72 bits per heavy atom. The van der Waals surface area contributed by atoms with Gasteiger partial charge in [-0.05, 0) is 36.4 Å². The van der Waals surface area contributed by atoms with E-state index < -0.39 is 0 Å². The van der Waals surface area contributed by atoms with E-state index in [9.17, 15) is 4.79 Å². The standard InChI is InChI=1S/C13H7Cl3OS/c14-9-1-4-13(8(5-9)7-17)18-10-2-3-11(15)12(16)6-10/h1-7H. The van der Waals surface area contributed by atoms with Crippen LogP contribution in [0, 0.1) is 0 Å². The van der Waals surface area contributed by atoms with Crippen molar-refractivity contribution in [2.75, 3.05) is 0 Å². The number of benzene rings is 2. The zero-order valence-corrected chi connectivity index (χ0v) is 12.1. The van der Waals surface area contributed by atoms with E-state index in [-0.39, 0.29) is 0 Å². The van der Waals surface area contributed by atoms with Gasteiger partial charge in [-0.25, -0.2) is 0 Å². The molecule has 0 saturated heterocycles. The van der Waals surface area contributed by atoms with Crippen molar-refractivity contribution in [3.05, 3.63) is 57.0 Å². The molecular weight excluding hydrogens is 311 g/mol. The van der Waals surface area contributed by atoms with Gasteiger partial charge in [0.1, 0.15) is 0 Å². The Bertz CT molecular complexity index is 599. The second kappa shape index (κ2) is 5.98. The lowest BCUT2D eigenvalue weighted by atomic mass is 10.2. The lowest BCUT2D eigenvalue weighted by Gasteiger charge is -2.06. The number of rotatable bonds is 3. The Morgan fingerprint density at radius 3 is 2.39 bits per heavy atom. The van der Waals surface area contributed by atoms with Crippen molar-refractivity contribution >= 4 is 52.9 Å². The summed E-state index contributed by atoms with van der Waals surface area (Å²) in [4.78, 5) is 12.7. The van der Waals surface area contributed by atoms with Crippen molar-refractivity contribution in [1.29, 1.82) is 0 Å². The monoisotopic (exact) mass is 316 g/mol. The third-order valence-corrected chi connectivity index (χ3v) is 4.27. The van der Waals surface area contributed by atoms with Gasteiger partial charge in [-0.2, -0.15) is 0 Å². The SMILES string of the molecule is O=Cc1cc(Cl)ccc1Sc1ccc(Cl)c(Cl)c1. The first-order valence-corrected chi connectivity index (χ1v) is 6.93. The average molecular weight is 318 g/mol. The molecule has 0 spiro atoms. The molecule has 0 aliphatic heterocycles. The molecule has 5 heteroatoms. The lowest BCUT2D eigenvalue weighted by molar-refractivity contribution is 0.112. The van der Waals surface area contributed by atoms with Crippen LogP contribution in [-0.4, -0.2) is 6.29 Å². The summed E-state index contributed by atoms with van der Waals surface area (Å²) in [5.74, 6) is 0. The summed E-state index contributed by atoms with van der Waals surface area (Å²) in [5, 5.41) is 1.53. The van der Waals surface area contributed by atoms with Gasteiger partial charge in [0, 0.05) is 20.4 Å². The number of halogens is 3. The van der Waals surface area contributed by atoms with Crippen LogP contribution in [-0.2, 0) is 0 Å². The lowest BCUT2D eigenvalue weighted by Crippen LogP contribution is -1.85. The van der Waals surface area contributed by atoms with Gasteiger partial charge in [0.2, 0.25) is 0 Å². The fourth-order valence-corrected chi connectivity index (χ4v) is 2.84. The molecule has 0 unspecified atom stereocenters. The Labute approximate surface area is 124 Å². The number of hydrogen-bond acceptors (Lipinski definition) is 2. The molecule has 0 heterocycles. The van der Waals surface area contributed by atoms with E-state index in [2.05, 4.69) is 0 Å². The predicted octanol–water partition coefficient (Wildman–Crippen LogP) is 5.61. The largest absolute Gasteiger partial charge is 0.298 e. The minimum atomic E-state index is 0.489. The Hall–Kier alpha value is -0.670. The third kappa shape index (κ3) is 3.21. The summed E-state index contributed by atoms with van der Waals surface area (Å²) in [6, 6.07) is 10.5. The second-order valence-corrected chi connectivity index (χ2v) is 5.84. The molecule has 0 fully saturated rings. The van der Waals surface area contributed by atoms with Crippen LogP contribution >= 0.6 is 46.6 Å². The summed E-state index contributed by atoms with van der Waals surface area (Å²) >= 11 is 19.1. The predicted molar refractivity (Wildman–Crippen MR) is 77.4 cm³/mol. The minimum Gasteiger partial charge on any atom is -0.298 e. The van der Waals surface area contributed by atoms with E-state index >= 15 is 0 Å². The van der Waals surface area contributed by atoms with E-state index in [0.29, 0.717) is 20.6 Å². The third-order valence-electron chi connectivity index (χ3n) is 2.22. The van der Waals surface area contributed by atoms with Gasteiger partial charge in [0.15, 0.2) is 6.29 Å². The highest BCUT2D eigenvalue weighted by Gasteiger charge is 2.06. The molecule has 0 amide bonds. The van der Waals surface area contributed by atoms with Crippen LogP contribution in [0.25, 0.3) is 0 Å². The molecule has 0 aliphatic carbocycles. The van der Waals surface area contributed by atoms with Crippen LogP contribution in [0.3, 0.4) is 0 Å². The highest BCUT2D eigenvalue weighted by atomic mass is 35.5. The fraction of sp³-hybridized carbons (Fsp3) is 0. The maximum absolute atomic E-state index is 11.0. The summed E-state index contributed by atoms with van der Waals surface area (Å²) in [7, 11) is 0. The van der Waals surface area contributed by atoms with Crippen LogP contribution in [0.1, 0.15) is 10.4 Å². The van der Waals surface area contributed by atoms with Crippen LogP contribution in [0.5, 0.6) is 0 Å². The molecule has 0 bridgehead atoms. The molecule has 2 aromatic carbocycles. The highest BCUT2D eigenvalue weighted by molar-refractivity contribution is 7.99. The molecule has 0 radical (unpaired) electrons. The maximum Gasteiger partial charge on any atom is 0.151 e. The normalized spacial score (nSPS) is 10.4. The van der Waals surface area contributed by atoms with E-state index in [1.54, 1.807) is 30.3 Å².